The van der Waals surface area contributed by atoms with Crippen molar-refractivity contribution < 1.29 is 4.79 Å². The molecule has 0 saturated heterocycles. The number of hydrogen-bond acceptors (Lipinski definition) is 2. The van der Waals surface area contributed by atoms with Gasteiger partial charge < -0.3 is 5.73 Å². The second-order valence-corrected chi connectivity index (χ2v) is 4.30. The molecule has 0 bridgehead atoms. The maximum Gasteiger partial charge on any atom is 0.249 e. The molecule has 0 aliphatic heterocycles. The number of amides is 1. The molecule has 0 saturated carbocycles. The van der Waals surface area contributed by atoms with Gasteiger partial charge in [0.2, 0.25) is 5.91 Å². The molecule has 3 rings (SSSR count). The minimum Gasteiger partial charge on any atom is -0.366 e. The Hall–Kier alpha value is -2.10. The van der Waals surface area contributed by atoms with Crippen LogP contribution in [0.3, 0.4) is 0 Å². The van der Waals surface area contributed by atoms with Crippen LogP contribution in [0.5, 0.6) is 0 Å². The number of rotatable bonds is 2. The number of pyridine rings is 1. The zero-order valence-corrected chi connectivity index (χ0v) is 12.7. The number of nitrogens with two attached hydrogens (primary N) is 1. The topological polar surface area (TPSA) is 56.0 Å². The van der Waals surface area contributed by atoms with E-state index in [-0.39, 0.29) is 24.8 Å². The first-order valence-corrected chi connectivity index (χ1v) is 6.01. The van der Waals surface area contributed by atoms with Crippen LogP contribution in [0.15, 0.2) is 60.7 Å². The SMILES string of the molecule is Cl.Cl.NC(=O)c1cc(-c2ccccc2)nc2ccccc12. The number of halogens is 2. The Bertz CT molecular complexity index is 761. The molecule has 2 aromatic carbocycles. The molecule has 1 heterocycles. The third kappa shape index (κ3) is 3.32. The number of hydrogen-bond donors (Lipinski definition) is 1. The normalized spacial score (nSPS) is 9.52. The monoisotopic (exact) mass is 320 g/mol. The van der Waals surface area contributed by atoms with Crippen LogP contribution in [-0.4, -0.2) is 10.9 Å². The highest BCUT2D eigenvalue weighted by Crippen LogP contribution is 2.24. The number of carbonyl (C=O) groups excluding carboxylic acids is 1. The van der Waals surface area contributed by atoms with Crippen molar-refractivity contribution in [1.29, 1.82) is 0 Å². The third-order valence-electron chi connectivity index (χ3n) is 3.05. The van der Waals surface area contributed by atoms with Crippen molar-refractivity contribution in [3.63, 3.8) is 0 Å². The van der Waals surface area contributed by atoms with E-state index in [4.69, 9.17) is 5.73 Å². The number of benzene rings is 2. The summed E-state index contributed by atoms with van der Waals surface area (Å²) in [6.45, 7) is 0. The fourth-order valence-electron chi connectivity index (χ4n) is 2.14. The molecule has 0 radical (unpaired) electrons. The van der Waals surface area contributed by atoms with Gasteiger partial charge in [0.25, 0.3) is 0 Å². The molecular formula is C16H14Cl2N2O. The first kappa shape index (κ1) is 17.0. The highest BCUT2D eigenvalue weighted by molar-refractivity contribution is 6.06. The molecule has 5 heteroatoms. The Morgan fingerprint density at radius 2 is 1.52 bits per heavy atom. The predicted molar refractivity (Wildman–Crippen MR) is 90.2 cm³/mol. The van der Waals surface area contributed by atoms with Gasteiger partial charge in [-0.15, -0.1) is 24.8 Å². The summed E-state index contributed by atoms with van der Waals surface area (Å²) in [7, 11) is 0. The number of fused-ring (bicyclic) bond motifs is 1. The fraction of sp³-hybridized carbons (Fsp3) is 0. The standard InChI is InChI=1S/C16H12N2O.2ClH/c17-16(19)13-10-15(11-6-2-1-3-7-11)18-14-9-5-4-8-12(13)14;;/h1-10H,(H2,17,19);2*1H. The maximum absolute atomic E-state index is 11.6. The molecule has 0 fully saturated rings. The average Bonchev–Trinajstić information content (AvgIpc) is 2.47. The van der Waals surface area contributed by atoms with E-state index in [1.165, 1.54) is 0 Å². The predicted octanol–water partition coefficient (Wildman–Crippen LogP) is 3.84. The molecule has 21 heavy (non-hydrogen) atoms. The van der Waals surface area contributed by atoms with Crippen LogP contribution >= 0.6 is 24.8 Å². The first-order chi connectivity index (χ1) is 9.25. The van der Waals surface area contributed by atoms with Crippen molar-refractivity contribution >= 4 is 41.6 Å². The summed E-state index contributed by atoms with van der Waals surface area (Å²) in [6, 6.07) is 19.0. The van der Waals surface area contributed by atoms with E-state index < -0.39 is 5.91 Å². The molecule has 0 atom stereocenters. The van der Waals surface area contributed by atoms with E-state index >= 15 is 0 Å². The van der Waals surface area contributed by atoms with Crippen LogP contribution in [0.25, 0.3) is 22.2 Å². The fourth-order valence-corrected chi connectivity index (χ4v) is 2.14. The van der Waals surface area contributed by atoms with Crippen molar-refractivity contribution in [1.82, 2.24) is 4.98 Å². The quantitative estimate of drug-likeness (QED) is 0.779. The lowest BCUT2D eigenvalue weighted by Crippen LogP contribution is -2.12. The number of para-hydroxylation sites is 1. The number of nitrogens with zero attached hydrogens (tertiary/aromatic N) is 1. The van der Waals surface area contributed by atoms with E-state index in [9.17, 15) is 4.79 Å². The summed E-state index contributed by atoms with van der Waals surface area (Å²) in [5, 5.41) is 0.787. The van der Waals surface area contributed by atoms with Gasteiger partial charge >= 0.3 is 0 Å². The van der Waals surface area contributed by atoms with Crippen molar-refractivity contribution in [2.75, 3.05) is 0 Å². The van der Waals surface area contributed by atoms with Gasteiger partial charge in [0.1, 0.15) is 0 Å². The molecule has 1 aromatic heterocycles. The van der Waals surface area contributed by atoms with Crippen LogP contribution in [0.2, 0.25) is 0 Å². The molecular weight excluding hydrogens is 307 g/mol. The summed E-state index contributed by atoms with van der Waals surface area (Å²) in [5.41, 5.74) is 8.47. The molecule has 0 aliphatic carbocycles. The zero-order valence-electron chi connectivity index (χ0n) is 11.0. The summed E-state index contributed by atoms with van der Waals surface area (Å²) in [4.78, 5) is 16.2. The Morgan fingerprint density at radius 1 is 0.905 bits per heavy atom. The Labute approximate surface area is 135 Å². The smallest absolute Gasteiger partial charge is 0.249 e. The van der Waals surface area contributed by atoms with Crippen LogP contribution in [0.1, 0.15) is 10.4 Å². The summed E-state index contributed by atoms with van der Waals surface area (Å²) >= 11 is 0. The summed E-state index contributed by atoms with van der Waals surface area (Å²) < 4.78 is 0. The molecule has 2 N–H and O–H groups in total. The number of aromatic nitrogens is 1. The molecule has 3 aromatic rings. The van der Waals surface area contributed by atoms with Crippen LogP contribution in [0, 0.1) is 0 Å². The molecule has 1 amide bonds. The van der Waals surface area contributed by atoms with Crippen LogP contribution in [-0.2, 0) is 0 Å². The van der Waals surface area contributed by atoms with E-state index in [0.717, 1.165) is 22.2 Å². The van der Waals surface area contributed by atoms with Gasteiger partial charge in [-0.3, -0.25) is 4.79 Å². The molecule has 3 nitrogen and oxygen atoms in total. The van der Waals surface area contributed by atoms with Gasteiger partial charge in [-0.1, -0.05) is 48.5 Å². The zero-order chi connectivity index (χ0) is 13.2. The summed E-state index contributed by atoms with van der Waals surface area (Å²) in [6.07, 6.45) is 0. The van der Waals surface area contributed by atoms with Gasteiger partial charge in [-0.25, -0.2) is 4.98 Å². The highest BCUT2D eigenvalue weighted by atomic mass is 35.5. The van der Waals surface area contributed by atoms with E-state index in [1.807, 2.05) is 54.6 Å². The Kier molecular flexibility index (Phi) is 5.70. The molecule has 0 aliphatic rings. The Morgan fingerprint density at radius 3 is 2.19 bits per heavy atom. The lowest BCUT2D eigenvalue weighted by molar-refractivity contribution is 0.100. The Balaban J connectivity index is 0.00000110. The largest absolute Gasteiger partial charge is 0.366 e. The summed E-state index contributed by atoms with van der Waals surface area (Å²) in [5.74, 6) is -0.434. The van der Waals surface area contributed by atoms with Crippen LogP contribution < -0.4 is 5.73 Å². The molecule has 0 unspecified atom stereocenters. The van der Waals surface area contributed by atoms with Gasteiger partial charge in [0.05, 0.1) is 16.8 Å². The van der Waals surface area contributed by atoms with E-state index in [0.29, 0.717) is 5.56 Å². The van der Waals surface area contributed by atoms with Crippen LogP contribution in [0.4, 0.5) is 0 Å². The van der Waals surface area contributed by atoms with Gasteiger partial charge in [0.15, 0.2) is 0 Å². The lowest BCUT2D eigenvalue weighted by atomic mass is 10.0. The van der Waals surface area contributed by atoms with Crippen molar-refractivity contribution in [3.05, 3.63) is 66.2 Å². The van der Waals surface area contributed by atoms with Gasteiger partial charge in [0, 0.05) is 10.9 Å². The third-order valence-corrected chi connectivity index (χ3v) is 3.05. The van der Waals surface area contributed by atoms with Crippen molar-refractivity contribution in [3.8, 4) is 11.3 Å². The second-order valence-electron chi connectivity index (χ2n) is 4.30. The number of carbonyl (C=O) groups is 1. The number of primary amides is 1. The van der Waals surface area contributed by atoms with Gasteiger partial charge in [-0.05, 0) is 12.1 Å². The van der Waals surface area contributed by atoms with E-state index in [2.05, 4.69) is 4.98 Å². The average molecular weight is 321 g/mol. The minimum absolute atomic E-state index is 0. The maximum atomic E-state index is 11.6. The minimum atomic E-state index is -0.434. The second kappa shape index (κ2) is 7.07. The van der Waals surface area contributed by atoms with Crippen molar-refractivity contribution in [2.24, 2.45) is 5.73 Å². The molecule has 0 spiro atoms. The van der Waals surface area contributed by atoms with E-state index in [1.54, 1.807) is 6.07 Å². The lowest BCUT2D eigenvalue weighted by Gasteiger charge is -2.07. The van der Waals surface area contributed by atoms with Crippen molar-refractivity contribution in [2.45, 2.75) is 0 Å². The molecule has 108 valence electrons. The first-order valence-electron chi connectivity index (χ1n) is 6.01. The highest BCUT2D eigenvalue weighted by Gasteiger charge is 2.10. The van der Waals surface area contributed by atoms with Gasteiger partial charge in [-0.2, -0.15) is 0 Å².